The van der Waals surface area contributed by atoms with Crippen LogP contribution in [0.2, 0.25) is 0 Å². The number of rotatable bonds is 4. The summed E-state index contributed by atoms with van der Waals surface area (Å²) in [6.45, 7) is 2.10. The lowest BCUT2D eigenvalue weighted by atomic mass is 10.1. The molecule has 0 aliphatic rings. The molecule has 0 aliphatic heterocycles. The maximum atomic E-state index is 12.2. The van der Waals surface area contributed by atoms with Gasteiger partial charge in [-0.2, -0.15) is 0 Å². The van der Waals surface area contributed by atoms with Gasteiger partial charge in [-0.15, -0.1) is 0 Å². The Morgan fingerprint density at radius 1 is 1.00 bits per heavy atom. The van der Waals surface area contributed by atoms with Crippen LogP contribution in [0.4, 0.5) is 0 Å². The van der Waals surface area contributed by atoms with Gasteiger partial charge in [0, 0.05) is 22.7 Å². The molecule has 3 aromatic rings. The second-order valence-electron chi connectivity index (χ2n) is 5.03. The van der Waals surface area contributed by atoms with Crippen molar-refractivity contribution >= 4 is 10.9 Å². The second-order valence-corrected chi connectivity index (χ2v) is 5.03. The van der Waals surface area contributed by atoms with Gasteiger partial charge in [0.1, 0.15) is 11.5 Å². The molecule has 3 nitrogen and oxygen atoms in total. The van der Waals surface area contributed by atoms with E-state index in [4.69, 9.17) is 4.74 Å². The summed E-state index contributed by atoms with van der Waals surface area (Å²) < 4.78 is 5.77. The topological polar surface area (TPSA) is 42.1 Å². The van der Waals surface area contributed by atoms with E-state index in [1.54, 1.807) is 12.1 Å². The van der Waals surface area contributed by atoms with Crippen molar-refractivity contribution in [1.82, 2.24) is 4.98 Å². The minimum absolute atomic E-state index is 0.0331. The molecule has 0 aliphatic carbocycles. The fourth-order valence-electron chi connectivity index (χ4n) is 2.37. The molecule has 0 atom stereocenters. The maximum Gasteiger partial charge on any atom is 0.189 e. The third-order valence-corrected chi connectivity index (χ3v) is 3.36. The van der Waals surface area contributed by atoms with Gasteiger partial charge in [0.15, 0.2) is 5.43 Å². The van der Waals surface area contributed by atoms with E-state index in [9.17, 15) is 4.79 Å². The molecule has 21 heavy (non-hydrogen) atoms. The van der Waals surface area contributed by atoms with Crippen molar-refractivity contribution in [3.63, 3.8) is 0 Å². The third kappa shape index (κ3) is 2.97. The molecule has 0 saturated carbocycles. The van der Waals surface area contributed by atoms with E-state index in [2.05, 4.69) is 11.9 Å². The normalized spacial score (nSPS) is 10.7. The van der Waals surface area contributed by atoms with Crippen molar-refractivity contribution in [2.75, 3.05) is 0 Å². The van der Waals surface area contributed by atoms with Gasteiger partial charge in [0.2, 0.25) is 0 Å². The van der Waals surface area contributed by atoms with Crippen LogP contribution >= 0.6 is 0 Å². The van der Waals surface area contributed by atoms with Gasteiger partial charge in [-0.05, 0) is 36.8 Å². The molecule has 1 N–H and O–H groups in total. The average Bonchev–Trinajstić information content (AvgIpc) is 2.49. The van der Waals surface area contributed by atoms with E-state index in [1.165, 1.54) is 0 Å². The average molecular weight is 279 g/mol. The highest BCUT2D eigenvalue weighted by Gasteiger charge is 2.04. The second kappa shape index (κ2) is 5.83. The zero-order valence-electron chi connectivity index (χ0n) is 11.9. The number of hydrogen-bond acceptors (Lipinski definition) is 2. The van der Waals surface area contributed by atoms with Gasteiger partial charge >= 0.3 is 0 Å². The van der Waals surface area contributed by atoms with E-state index in [0.717, 1.165) is 29.8 Å². The Balaban J connectivity index is 1.99. The van der Waals surface area contributed by atoms with E-state index in [1.807, 2.05) is 42.5 Å². The van der Waals surface area contributed by atoms with Crippen molar-refractivity contribution in [3.8, 4) is 11.5 Å². The summed E-state index contributed by atoms with van der Waals surface area (Å²) in [4.78, 5) is 15.5. The summed E-state index contributed by atoms with van der Waals surface area (Å²) in [6.07, 6.45) is 1.89. The van der Waals surface area contributed by atoms with Gasteiger partial charge < -0.3 is 9.72 Å². The Labute approximate surface area is 123 Å². The molecular formula is C18H17NO2. The minimum Gasteiger partial charge on any atom is -0.457 e. The Morgan fingerprint density at radius 2 is 1.81 bits per heavy atom. The number of H-pyrrole nitrogens is 1. The fraction of sp³-hybridized carbons (Fsp3) is 0.167. The van der Waals surface area contributed by atoms with Gasteiger partial charge in [-0.3, -0.25) is 4.79 Å². The van der Waals surface area contributed by atoms with Gasteiger partial charge in [-0.25, -0.2) is 0 Å². The van der Waals surface area contributed by atoms with Gasteiger partial charge in [0.05, 0.1) is 0 Å². The summed E-state index contributed by atoms with van der Waals surface area (Å²) >= 11 is 0. The largest absolute Gasteiger partial charge is 0.457 e. The lowest BCUT2D eigenvalue weighted by Crippen LogP contribution is -2.05. The Hall–Kier alpha value is -2.55. The molecule has 0 saturated heterocycles. The highest BCUT2D eigenvalue weighted by atomic mass is 16.5. The molecule has 1 aromatic heterocycles. The molecule has 0 unspecified atom stereocenters. The fourth-order valence-corrected chi connectivity index (χ4v) is 2.37. The third-order valence-electron chi connectivity index (χ3n) is 3.36. The number of pyridine rings is 1. The Bertz CT molecular complexity index is 806. The number of fused-ring (bicyclic) bond motifs is 1. The van der Waals surface area contributed by atoms with Crippen LogP contribution in [-0.4, -0.2) is 4.98 Å². The van der Waals surface area contributed by atoms with Crippen LogP contribution in [0.1, 0.15) is 19.0 Å². The summed E-state index contributed by atoms with van der Waals surface area (Å²) in [5.74, 6) is 1.43. The smallest absolute Gasteiger partial charge is 0.189 e. The molecule has 3 rings (SSSR count). The number of ether oxygens (including phenoxy) is 1. The summed E-state index contributed by atoms with van der Waals surface area (Å²) in [6, 6.07) is 16.8. The number of aromatic amines is 1. The summed E-state index contributed by atoms with van der Waals surface area (Å²) in [7, 11) is 0. The molecule has 2 aromatic carbocycles. The van der Waals surface area contributed by atoms with E-state index >= 15 is 0 Å². The zero-order chi connectivity index (χ0) is 14.7. The van der Waals surface area contributed by atoms with Crippen LogP contribution in [0.15, 0.2) is 59.4 Å². The van der Waals surface area contributed by atoms with Crippen molar-refractivity contribution in [1.29, 1.82) is 0 Å². The van der Waals surface area contributed by atoms with Crippen molar-refractivity contribution in [3.05, 3.63) is 70.5 Å². The van der Waals surface area contributed by atoms with Crippen LogP contribution in [-0.2, 0) is 6.42 Å². The standard InChI is InChI=1S/C18H17NO2/c1-2-6-13-11-18(20)16-12-15(9-10-17(16)19-13)21-14-7-4-3-5-8-14/h3-5,7-12H,2,6H2,1H3,(H,19,20). The van der Waals surface area contributed by atoms with Crippen LogP contribution in [0.3, 0.4) is 0 Å². The predicted octanol–water partition coefficient (Wildman–Crippen LogP) is 4.27. The first kappa shape index (κ1) is 13.4. The van der Waals surface area contributed by atoms with E-state index < -0.39 is 0 Å². The Kier molecular flexibility index (Phi) is 3.73. The molecule has 0 amide bonds. The molecular weight excluding hydrogens is 262 g/mol. The first-order valence-electron chi connectivity index (χ1n) is 7.15. The van der Waals surface area contributed by atoms with E-state index in [-0.39, 0.29) is 5.43 Å². The molecule has 1 heterocycles. The van der Waals surface area contributed by atoms with Crippen LogP contribution in [0, 0.1) is 0 Å². The molecule has 0 radical (unpaired) electrons. The monoisotopic (exact) mass is 279 g/mol. The molecule has 0 fully saturated rings. The first-order chi connectivity index (χ1) is 10.3. The minimum atomic E-state index is 0.0331. The summed E-state index contributed by atoms with van der Waals surface area (Å²) in [5.41, 5.74) is 1.86. The zero-order valence-corrected chi connectivity index (χ0v) is 11.9. The van der Waals surface area contributed by atoms with Crippen LogP contribution in [0.5, 0.6) is 11.5 Å². The lowest BCUT2D eigenvalue weighted by Gasteiger charge is -2.07. The maximum absolute atomic E-state index is 12.2. The van der Waals surface area contributed by atoms with Crippen molar-refractivity contribution in [2.24, 2.45) is 0 Å². The summed E-state index contributed by atoms with van der Waals surface area (Å²) in [5, 5.41) is 0.656. The number of aromatic nitrogens is 1. The molecule has 0 spiro atoms. The molecule has 0 bridgehead atoms. The number of hydrogen-bond donors (Lipinski definition) is 1. The number of para-hydroxylation sites is 1. The van der Waals surface area contributed by atoms with Crippen molar-refractivity contribution < 1.29 is 4.74 Å². The first-order valence-corrected chi connectivity index (χ1v) is 7.15. The number of aryl methyl sites for hydroxylation is 1. The van der Waals surface area contributed by atoms with Gasteiger partial charge in [-0.1, -0.05) is 31.5 Å². The SMILES string of the molecule is CCCc1cc(=O)c2cc(Oc3ccccc3)ccc2[nH]1. The highest BCUT2D eigenvalue weighted by molar-refractivity contribution is 5.80. The van der Waals surface area contributed by atoms with Crippen LogP contribution < -0.4 is 10.2 Å². The number of benzene rings is 2. The highest BCUT2D eigenvalue weighted by Crippen LogP contribution is 2.23. The van der Waals surface area contributed by atoms with Crippen molar-refractivity contribution in [2.45, 2.75) is 19.8 Å². The lowest BCUT2D eigenvalue weighted by molar-refractivity contribution is 0.483. The quantitative estimate of drug-likeness (QED) is 0.774. The molecule has 3 heteroatoms. The predicted molar refractivity (Wildman–Crippen MR) is 85.1 cm³/mol. The molecule has 106 valence electrons. The van der Waals surface area contributed by atoms with E-state index in [0.29, 0.717) is 11.1 Å². The Morgan fingerprint density at radius 3 is 2.57 bits per heavy atom. The van der Waals surface area contributed by atoms with Crippen LogP contribution in [0.25, 0.3) is 10.9 Å². The number of nitrogens with one attached hydrogen (secondary N) is 1. The van der Waals surface area contributed by atoms with Gasteiger partial charge in [0.25, 0.3) is 0 Å².